The number of aryl methyl sites for hydroxylation is 1. The number of nitrogens with one attached hydrogen (secondary N) is 1. The molecule has 0 spiro atoms. The lowest BCUT2D eigenvalue weighted by Crippen LogP contribution is -2.28. The van der Waals surface area contributed by atoms with Crippen LogP contribution in [0.5, 0.6) is 0 Å². The van der Waals surface area contributed by atoms with E-state index in [1.165, 1.54) is 16.8 Å². The van der Waals surface area contributed by atoms with Crippen LogP contribution in [0.25, 0.3) is 5.82 Å². The van der Waals surface area contributed by atoms with E-state index in [9.17, 15) is 9.59 Å². The molecule has 3 rings (SSSR count). The zero-order valence-electron chi connectivity index (χ0n) is 8.51. The molecular weight excluding hydrogens is 208 g/mol. The summed E-state index contributed by atoms with van der Waals surface area (Å²) in [6.07, 6.45) is 5.18. The van der Waals surface area contributed by atoms with Crippen molar-refractivity contribution in [2.24, 2.45) is 0 Å². The molecule has 16 heavy (non-hydrogen) atoms. The summed E-state index contributed by atoms with van der Waals surface area (Å²) in [6.45, 7) is 0.945. The third kappa shape index (κ3) is 1.23. The normalized spacial score (nSPS) is 14.0. The predicted octanol–water partition coefficient (Wildman–Crippen LogP) is -0.331. The molecule has 0 aliphatic carbocycles. The van der Waals surface area contributed by atoms with Crippen LogP contribution >= 0.6 is 0 Å². The minimum Gasteiger partial charge on any atom is -0.333 e. The lowest BCUT2D eigenvalue weighted by Gasteiger charge is -2.02. The fourth-order valence-electron chi connectivity index (χ4n) is 2.05. The zero-order chi connectivity index (χ0) is 11.1. The molecule has 0 atom stereocenters. The number of rotatable bonds is 1. The van der Waals surface area contributed by atoms with Crippen LogP contribution in [-0.2, 0) is 13.0 Å². The van der Waals surface area contributed by atoms with Crippen LogP contribution in [0.4, 0.5) is 0 Å². The maximum absolute atomic E-state index is 11.6. The van der Waals surface area contributed by atoms with E-state index in [0.29, 0.717) is 5.82 Å². The van der Waals surface area contributed by atoms with Gasteiger partial charge in [0.1, 0.15) is 0 Å². The first-order valence-corrected chi connectivity index (χ1v) is 5.12. The van der Waals surface area contributed by atoms with Gasteiger partial charge in [-0.2, -0.15) is 0 Å². The van der Waals surface area contributed by atoms with E-state index in [1.54, 1.807) is 6.33 Å². The topological polar surface area (TPSA) is 72.7 Å². The summed E-state index contributed by atoms with van der Waals surface area (Å²) in [5.74, 6) is 0.624. The average Bonchev–Trinajstić information content (AvgIpc) is 2.80. The van der Waals surface area contributed by atoms with Crippen molar-refractivity contribution in [1.29, 1.82) is 0 Å². The van der Waals surface area contributed by atoms with E-state index < -0.39 is 11.2 Å². The van der Waals surface area contributed by atoms with E-state index in [4.69, 9.17) is 0 Å². The van der Waals surface area contributed by atoms with Crippen molar-refractivity contribution in [2.45, 2.75) is 19.4 Å². The second-order valence-corrected chi connectivity index (χ2v) is 3.79. The molecule has 1 aliphatic rings. The van der Waals surface area contributed by atoms with Gasteiger partial charge in [0.15, 0.2) is 5.82 Å². The zero-order valence-corrected chi connectivity index (χ0v) is 8.51. The molecule has 0 bridgehead atoms. The van der Waals surface area contributed by atoms with E-state index >= 15 is 0 Å². The van der Waals surface area contributed by atoms with Crippen molar-refractivity contribution in [3.63, 3.8) is 0 Å². The van der Waals surface area contributed by atoms with E-state index in [1.807, 2.05) is 4.57 Å². The molecule has 3 heterocycles. The highest BCUT2D eigenvalue weighted by atomic mass is 16.2. The molecule has 0 fully saturated rings. The van der Waals surface area contributed by atoms with Crippen molar-refractivity contribution in [2.75, 3.05) is 0 Å². The highest BCUT2D eigenvalue weighted by molar-refractivity contribution is 5.31. The first-order chi connectivity index (χ1) is 7.75. The Hall–Kier alpha value is -2.11. The summed E-state index contributed by atoms with van der Waals surface area (Å²) in [4.78, 5) is 29.0. The third-order valence-electron chi connectivity index (χ3n) is 2.79. The SMILES string of the molecule is O=c1ccn(-c2ncn3c2CCC3)c(=O)[nH]1. The summed E-state index contributed by atoms with van der Waals surface area (Å²) >= 11 is 0. The van der Waals surface area contributed by atoms with Crippen LogP contribution in [0.1, 0.15) is 12.1 Å². The van der Waals surface area contributed by atoms with Gasteiger partial charge in [0.25, 0.3) is 5.56 Å². The summed E-state index contributed by atoms with van der Waals surface area (Å²) in [6, 6.07) is 1.32. The molecule has 82 valence electrons. The summed E-state index contributed by atoms with van der Waals surface area (Å²) in [5.41, 5.74) is 0.215. The molecule has 1 N–H and O–H groups in total. The molecule has 0 saturated heterocycles. The Morgan fingerprint density at radius 3 is 3.06 bits per heavy atom. The summed E-state index contributed by atoms with van der Waals surface area (Å²) in [5, 5.41) is 0. The van der Waals surface area contributed by atoms with Crippen LogP contribution in [0.2, 0.25) is 0 Å². The van der Waals surface area contributed by atoms with Crippen LogP contribution in [0.15, 0.2) is 28.2 Å². The summed E-state index contributed by atoms with van der Waals surface area (Å²) < 4.78 is 3.41. The minimum atomic E-state index is -0.444. The number of imidazole rings is 1. The van der Waals surface area contributed by atoms with Gasteiger partial charge in [-0.25, -0.2) is 9.78 Å². The molecule has 2 aromatic heterocycles. The molecule has 0 aromatic carbocycles. The molecule has 0 saturated carbocycles. The maximum Gasteiger partial charge on any atom is 0.334 e. The van der Waals surface area contributed by atoms with Gasteiger partial charge in [-0.05, 0) is 12.8 Å². The molecule has 0 amide bonds. The monoisotopic (exact) mass is 218 g/mol. The Kier molecular flexibility index (Phi) is 1.82. The lowest BCUT2D eigenvalue weighted by atomic mass is 10.3. The minimum absolute atomic E-state index is 0.392. The number of aromatic nitrogens is 4. The van der Waals surface area contributed by atoms with Crippen molar-refractivity contribution in [3.8, 4) is 5.82 Å². The van der Waals surface area contributed by atoms with Crippen molar-refractivity contribution >= 4 is 0 Å². The molecule has 0 unspecified atom stereocenters. The molecule has 0 radical (unpaired) electrons. The van der Waals surface area contributed by atoms with Gasteiger partial charge in [0, 0.05) is 18.8 Å². The smallest absolute Gasteiger partial charge is 0.333 e. The lowest BCUT2D eigenvalue weighted by molar-refractivity contribution is 0.741. The van der Waals surface area contributed by atoms with Gasteiger partial charge in [0.2, 0.25) is 0 Å². The summed E-state index contributed by atoms with van der Waals surface area (Å²) in [7, 11) is 0. The van der Waals surface area contributed by atoms with Gasteiger partial charge >= 0.3 is 5.69 Å². The van der Waals surface area contributed by atoms with Crippen molar-refractivity contribution < 1.29 is 0 Å². The Labute approximate surface area is 90.2 Å². The van der Waals surface area contributed by atoms with E-state index in [2.05, 4.69) is 9.97 Å². The van der Waals surface area contributed by atoms with Crippen molar-refractivity contribution in [3.05, 3.63) is 45.1 Å². The van der Waals surface area contributed by atoms with Gasteiger partial charge in [-0.15, -0.1) is 0 Å². The molecule has 6 nitrogen and oxygen atoms in total. The Morgan fingerprint density at radius 2 is 2.25 bits per heavy atom. The van der Waals surface area contributed by atoms with Crippen molar-refractivity contribution in [1.82, 2.24) is 19.1 Å². The first kappa shape index (κ1) is 9.14. The van der Waals surface area contributed by atoms with Crippen LogP contribution in [0, 0.1) is 0 Å². The maximum atomic E-state index is 11.6. The van der Waals surface area contributed by atoms with E-state index in [-0.39, 0.29) is 0 Å². The van der Waals surface area contributed by atoms with Crippen LogP contribution in [0.3, 0.4) is 0 Å². The Bertz CT molecular complexity index is 649. The number of nitrogens with zero attached hydrogens (tertiary/aromatic N) is 3. The second-order valence-electron chi connectivity index (χ2n) is 3.79. The largest absolute Gasteiger partial charge is 0.334 e. The number of aromatic amines is 1. The van der Waals surface area contributed by atoms with Gasteiger partial charge < -0.3 is 4.57 Å². The molecular formula is C10H10N4O2. The van der Waals surface area contributed by atoms with Crippen LogP contribution in [-0.4, -0.2) is 19.1 Å². The quantitative estimate of drug-likeness (QED) is 0.712. The Morgan fingerprint density at radius 1 is 1.38 bits per heavy atom. The van der Waals surface area contributed by atoms with Gasteiger partial charge in [-0.3, -0.25) is 14.3 Å². The average molecular weight is 218 g/mol. The number of hydrogen-bond acceptors (Lipinski definition) is 3. The van der Waals surface area contributed by atoms with Gasteiger partial charge in [-0.1, -0.05) is 0 Å². The number of fused-ring (bicyclic) bond motifs is 1. The fraction of sp³-hybridized carbons (Fsp3) is 0.300. The molecule has 1 aliphatic heterocycles. The number of H-pyrrole nitrogens is 1. The number of hydrogen-bond donors (Lipinski definition) is 1. The first-order valence-electron chi connectivity index (χ1n) is 5.12. The molecule has 2 aromatic rings. The van der Waals surface area contributed by atoms with Gasteiger partial charge in [0.05, 0.1) is 12.0 Å². The standard InChI is InChI=1S/C10H10N4O2/c15-8-3-5-14(10(16)12-8)9-7-2-1-4-13(7)6-11-9/h3,5-6H,1-2,4H2,(H,12,15,16). The highest BCUT2D eigenvalue weighted by Gasteiger charge is 2.17. The predicted molar refractivity (Wildman–Crippen MR) is 56.8 cm³/mol. The Balaban J connectivity index is 2.23. The second kappa shape index (κ2) is 3.19. The van der Waals surface area contributed by atoms with Crippen LogP contribution < -0.4 is 11.2 Å². The third-order valence-corrected chi connectivity index (χ3v) is 2.79. The van der Waals surface area contributed by atoms with E-state index in [0.717, 1.165) is 25.1 Å². The fourth-order valence-corrected chi connectivity index (χ4v) is 2.05. The highest BCUT2D eigenvalue weighted by Crippen LogP contribution is 2.19. The molecule has 6 heteroatoms.